The van der Waals surface area contributed by atoms with E-state index in [0.29, 0.717) is 5.69 Å². The van der Waals surface area contributed by atoms with E-state index in [2.05, 4.69) is 0 Å². The van der Waals surface area contributed by atoms with E-state index in [1.807, 2.05) is 4.72 Å². The Morgan fingerprint density at radius 3 is 2.04 bits per heavy atom. The predicted octanol–water partition coefficient (Wildman–Crippen LogP) is 1.14. The summed E-state index contributed by atoms with van der Waals surface area (Å²) in [6.45, 7) is 0. The van der Waals surface area contributed by atoms with E-state index in [1.165, 1.54) is 24.3 Å². The number of rotatable bonds is 3. The number of carbonyl (C=O) groups is 1. The highest BCUT2D eigenvalue weighted by atomic mass is 32.2. The third kappa shape index (κ3) is 5.93. The molecule has 0 radical (unpaired) electrons. The van der Waals surface area contributed by atoms with Crippen molar-refractivity contribution >= 4 is 27.4 Å². The maximum Gasteiger partial charge on any atom is 0.335 e. The number of benzene rings is 2. The molecule has 0 aromatic heterocycles. The number of hydrogen-bond donors (Lipinski definition) is 6. The van der Waals surface area contributed by atoms with Gasteiger partial charge >= 0.3 is 5.97 Å². The van der Waals surface area contributed by atoms with E-state index in [9.17, 15) is 18.3 Å². The van der Waals surface area contributed by atoms with E-state index in [1.54, 1.807) is 0 Å². The van der Waals surface area contributed by atoms with Crippen LogP contribution in [0.3, 0.4) is 0 Å². The number of anilines is 2. The second-order valence-corrected chi connectivity index (χ2v) is 6.41. The van der Waals surface area contributed by atoms with Gasteiger partial charge in [-0.05, 0) is 30.3 Å². The molecule has 0 amide bonds. The monoisotopic (exact) mass is 356 g/mol. The molecule has 2 aromatic carbocycles. The van der Waals surface area contributed by atoms with Gasteiger partial charge in [0.1, 0.15) is 5.75 Å². The van der Waals surface area contributed by atoms with Gasteiger partial charge in [-0.3, -0.25) is 4.72 Å². The van der Waals surface area contributed by atoms with Gasteiger partial charge in [0, 0.05) is 11.8 Å². The Bertz CT molecular complexity index is 850. The Morgan fingerprint density at radius 2 is 1.58 bits per heavy atom. The summed E-state index contributed by atoms with van der Waals surface area (Å²) in [5.41, 5.74) is 5.42. The highest BCUT2D eigenvalue weighted by Gasteiger charge is 2.10. The molecular weight excluding hydrogens is 340 g/mol. The largest absolute Gasteiger partial charge is 0.506 e. The zero-order chi connectivity index (χ0) is 18.5. The Morgan fingerprint density at radius 1 is 1.00 bits per heavy atom. The van der Waals surface area contributed by atoms with Gasteiger partial charge in [0.25, 0.3) is 0 Å². The van der Waals surface area contributed by atoms with Crippen LogP contribution in [-0.2, 0) is 10.0 Å². The third-order valence-corrected chi connectivity index (χ3v) is 3.13. The minimum atomic E-state index is -3.55. The zero-order valence-corrected chi connectivity index (χ0v) is 13.3. The number of phenolic OH excluding ortho intramolecular Hbond substituents is 3. The van der Waals surface area contributed by atoms with Crippen molar-refractivity contribution in [2.45, 2.75) is 0 Å². The molecule has 24 heavy (non-hydrogen) atoms. The summed E-state index contributed by atoms with van der Waals surface area (Å²) >= 11 is 0. The van der Waals surface area contributed by atoms with Crippen molar-refractivity contribution in [3.63, 3.8) is 0 Å². The number of nitrogens with two attached hydrogens (primary N) is 1. The molecule has 0 aliphatic carbocycles. The van der Waals surface area contributed by atoms with Crippen molar-refractivity contribution in [1.29, 1.82) is 0 Å². The van der Waals surface area contributed by atoms with Crippen molar-refractivity contribution in [3.05, 3.63) is 42.0 Å². The van der Waals surface area contributed by atoms with Crippen LogP contribution in [0.5, 0.6) is 17.2 Å². The van der Waals surface area contributed by atoms with E-state index in [0.717, 1.165) is 18.4 Å². The highest BCUT2D eigenvalue weighted by molar-refractivity contribution is 7.92. The standard InChI is InChI=1S/C8H9NO5S.C6H7NO2/c1-15(13,14)9-6-4-5(8(11)12)2-3-7(6)10;7-4-1-2-5(8)6(9)3-4/h2-4,9-10H,1H3,(H,11,12);1-3,8-9H,7H2. The molecule has 0 aliphatic rings. The zero-order valence-electron chi connectivity index (χ0n) is 12.5. The van der Waals surface area contributed by atoms with Gasteiger partial charge in [-0.2, -0.15) is 0 Å². The predicted molar refractivity (Wildman–Crippen MR) is 87.7 cm³/mol. The molecule has 2 rings (SSSR count). The van der Waals surface area contributed by atoms with Crippen LogP contribution in [0.4, 0.5) is 11.4 Å². The summed E-state index contributed by atoms with van der Waals surface area (Å²) in [4.78, 5) is 10.6. The molecule has 0 spiro atoms. The average Bonchev–Trinajstić information content (AvgIpc) is 2.44. The average molecular weight is 356 g/mol. The van der Waals surface area contributed by atoms with Crippen LogP contribution < -0.4 is 10.5 Å². The molecule has 0 heterocycles. The highest BCUT2D eigenvalue weighted by Crippen LogP contribution is 2.25. The van der Waals surface area contributed by atoms with Gasteiger partial charge in [0.2, 0.25) is 10.0 Å². The van der Waals surface area contributed by atoms with Gasteiger partial charge in [0.05, 0.1) is 17.5 Å². The number of aromatic carboxylic acids is 1. The number of sulfonamides is 1. The Hall–Kier alpha value is -3.14. The molecule has 10 heteroatoms. The number of aromatic hydroxyl groups is 3. The van der Waals surface area contributed by atoms with Gasteiger partial charge in [0.15, 0.2) is 11.5 Å². The van der Waals surface area contributed by atoms with Crippen molar-refractivity contribution < 1.29 is 33.6 Å². The van der Waals surface area contributed by atoms with Crippen LogP contribution in [0, 0.1) is 0 Å². The van der Waals surface area contributed by atoms with Crippen LogP contribution in [0.25, 0.3) is 0 Å². The van der Waals surface area contributed by atoms with Crippen molar-refractivity contribution in [2.75, 3.05) is 16.7 Å². The molecule has 0 saturated carbocycles. The fraction of sp³-hybridized carbons (Fsp3) is 0.0714. The Balaban J connectivity index is 0.000000272. The SMILES string of the molecule is CS(=O)(=O)Nc1cc(C(=O)O)ccc1O.Nc1ccc(O)c(O)c1. The molecule has 0 saturated heterocycles. The summed E-state index contributed by atoms with van der Waals surface area (Å²) in [6, 6.07) is 7.45. The minimum Gasteiger partial charge on any atom is -0.506 e. The second kappa shape index (κ2) is 7.42. The first-order chi connectivity index (χ1) is 11.0. The number of carboxylic acid groups (broad SMARTS) is 1. The fourth-order valence-corrected chi connectivity index (χ4v) is 2.05. The minimum absolute atomic E-state index is 0.112. The molecule has 0 atom stereocenters. The lowest BCUT2D eigenvalue weighted by Gasteiger charge is -2.06. The lowest BCUT2D eigenvalue weighted by atomic mass is 10.2. The van der Waals surface area contributed by atoms with E-state index >= 15 is 0 Å². The maximum absolute atomic E-state index is 10.9. The fourth-order valence-electron chi connectivity index (χ4n) is 1.49. The summed E-state index contributed by atoms with van der Waals surface area (Å²) in [6.07, 6.45) is 0.903. The van der Waals surface area contributed by atoms with Crippen LogP contribution in [0.15, 0.2) is 36.4 Å². The summed E-state index contributed by atoms with van der Waals surface area (Å²) in [5.74, 6) is -1.86. The number of nitrogens with one attached hydrogen (secondary N) is 1. The third-order valence-electron chi connectivity index (χ3n) is 2.54. The smallest absolute Gasteiger partial charge is 0.335 e. The normalized spacial score (nSPS) is 10.4. The Kier molecular flexibility index (Phi) is 5.84. The topological polar surface area (TPSA) is 170 Å². The van der Waals surface area contributed by atoms with Gasteiger partial charge in [-0.1, -0.05) is 0 Å². The van der Waals surface area contributed by atoms with Gasteiger partial charge in [-0.15, -0.1) is 0 Å². The molecule has 0 unspecified atom stereocenters. The van der Waals surface area contributed by atoms with Crippen molar-refractivity contribution in [1.82, 2.24) is 0 Å². The van der Waals surface area contributed by atoms with E-state index < -0.39 is 16.0 Å². The van der Waals surface area contributed by atoms with Gasteiger partial charge in [-0.25, -0.2) is 13.2 Å². The van der Waals surface area contributed by atoms with Gasteiger partial charge < -0.3 is 26.2 Å². The summed E-state index contributed by atoms with van der Waals surface area (Å²) < 4.78 is 23.7. The lowest BCUT2D eigenvalue weighted by molar-refractivity contribution is 0.0697. The molecule has 130 valence electrons. The maximum atomic E-state index is 10.9. The molecule has 0 fully saturated rings. The first-order valence-corrected chi connectivity index (χ1v) is 8.20. The van der Waals surface area contributed by atoms with Crippen LogP contribution in [0.1, 0.15) is 10.4 Å². The van der Waals surface area contributed by atoms with Crippen molar-refractivity contribution in [3.8, 4) is 17.2 Å². The molecule has 0 bridgehead atoms. The molecule has 2 aromatic rings. The van der Waals surface area contributed by atoms with Crippen LogP contribution in [-0.4, -0.2) is 41.1 Å². The van der Waals surface area contributed by atoms with E-state index in [4.69, 9.17) is 21.1 Å². The quantitative estimate of drug-likeness (QED) is 0.270. The molecular formula is C14H16N2O7S. The lowest BCUT2D eigenvalue weighted by Crippen LogP contribution is -2.10. The van der Waals surface area contributed by atoms with E-state index in [-0.39, 0.29) is 28.5 Å². The van der Waals surface area contributed by atoms with Crippen LogP contribution in [0.2, 0.25) is 0 Å². The number of carboxylic acids is 1. The molecule has 0 aliphatic heterocycles. The first-order valence-electron chi connectivity index (χ1n) is 6.31. The summed E-state index contributed by atoms with van der Waals surface area (Å²) in [5, 5.41) is 35.4. The number of nitrogen functional groups attached to an aromatic ring is 1. The van der Waals surface area contributed by atoms with Crippen molar-refractivity contribution in [2.24, 2.45) is 0 Å². The number of hydrogen-bond acceptors (Lipinski definition) is 7. The first kappa shape index (κ1) is 18.9. The van der Waals surface area contributed by atoms with Crippen LogP contribution >= 0.6 is 0 Å². The molecule has 7 N–H and O–H groups in total. The molecule has 9 nitrogen and oxygen atoms in total. The number of phenols is 3. The second-order valence-electron chi connectivity index (χ2n) is 4.66. The Labute approximate surface area is 137 Å². The summed E-state index contributed by atoms with van der Waals surface area (Å²) in [7, 11) is -3.55.